The Hall–Kier alpha value is -1.27. The van der Waals surface area contributed by atoms with Crippen molar-refractivity contribution < 1.29 is 18.0 Å². The normalized spacial score (nSPS) is 32.7. The van der Waals surface area contributed by atoms with E-state index in [2.05, 4.69) is 29.5 Å². The number of alkyl halides is 3. The first-order valence-electron chi connectivity index (χ1n) is 8.16. The molecule has 132 valence electrons. The maximum Gasteiger partial charge on any atom is 0.390 e. The molecular formula is C16H26F3N3O. The van der Waals surface area contributed by atoms with E-state index in [1.165, 1.54) is 0 Å². The van der Waals surface area contributed by atoms with Gasteiger partial charge in [0.15, 0.2) is 6.04 Å². The van der Waals surface area contributed by atoms with Crippen LogP contribution in [0.4, 0.5) is 13.2 Å². The summed E-state index contributed by atoms with van der Waals surface area (Å²) in [6, 6.07) is -0.681. The van der Waals surface area contributed by atoms with Crippen LogP contribution in [0.15, 0.2) is 4.99 Å². The average Bonchev–Trinajstić information content (AvgIpc) is 2.69. The van der Waals surface area contributed by atoms with Crippen LogP contribution in [0, 0.1) is 11.3 Å². The van der Waals surface area contributed by atoms with Crippen molar-refractivity contribution in [2.75, 3.05) is 6.54 Å². The molecule has 23 heavy (non-hydrogen) atoms. The smallest absolute Gasteiger partial charge is 0.366 e. The van der Waals surface area contributed by atoms with Crippen LogP contribution in [0.3, 0.4) is 0 Å². The lowest BCUT2D eigenvalue weighted by Crippen LogP contribution is -2.53. The number of halogens is 3. The van der Waals surface area contributed by atoms with Gasteiger partial charge in [-0.25, -0.2) is 0 Å². The number of amidine groups is 1. The van der Waals surface area contributed by atoms with Gasteiger partial charge in [-0.05, 0) is 32.1 Å². The fraction of sp³-hybridized carbons (Fsp3) is 0.875. The molecule has 2 rings (SSSR count). The summed E-state index contributed by atoms with van der Waals surface area (Å²) in [5, 5.41) is 5.65. The fourth-order valence-electron chi connectivity index (χ4n) is 3.36. The lowest BCUT2D eigenvalue weighted by Gasteiger charge is -2.45. The van der Waals surface area contributed by atoms with Crippen LogP contribution in [0.5, 0.6) is 0 Å². The molecule has 1 amide bonds. The maximum absolute atomic E-state index is 12.2. The Balaban J connectivity index is 1.94. The van der Waals surface area contributed by atoms with Gasteiger partial charge in [-0.2, -0.15) is 13.2 Å². The van der Waals surface area contributed by atoms with Gasteiger partial charge in [0, 0.05) is 12.5 Å². The first kappa shape index (κ1) is 18.1. The maximum atomic E-state index is 12.2. The summed E-state index contributed by atoms with van der Waals surface area (Å²) in [6.07, 6.45) is -2.10. The highest BCUT2D eigenvalue weighted by Crippen LogP contribution is 2.48. The predicted octanol–water partition coefficient (Wildman–Crippen LogP) is 3.03. The van der Waals surface area contributed by atoms with Gasteiger partial charge in [0.1, 0.15) is 5.84 Å². The Morgan fingerprint density at radius 1 is 1.35 bits per heavy atom. The third-order valence-corrected chi connectivity index (χ3v) is 5.08. The zero-order valence-corrected chi connectivity index (χ0v) is 14.2. The van der Waals surface area contributed by atoms with E-state index in [0.717, 1.165) is 25.1 Å². The van der Waals surface area contributed by atoms with Gasteiger partial charge in [-0.3, -0.25) is 9.79 Å². The lowest BCUT2D eigenvalue weighted by atomic mass is 9.61. The van der Waals surface area contributed by atoms with Gasteiger partial charge in [0.25, 0.3) is 0 Å². The summed E-state index contributed by atoms with van der Waals surface area (Å²) in [6.45, 7) is 7.72. The van der Waals surface area contributed by atoms with E-state index in [1.807, 2.05) is 13.8 Å². The number of carbonyl (C=O) groups excluding carboxylic acids is 1. The molecule has 0 aromatic carbocycles. The molecule has 0 radical (unpaired) electrons. The van der Waals surface area contributed by atoms with Crippen LogP contribution in [-0.2, 0) is 4.79 Å². The highest BCUT2D eigenvalue weighted by Gasteiger charge is 2.48. The van der Waals surface area contributed by atoms with Crippen molar-refractivity contribution in [2.24, 2.45) is 16.3 Å². The van der Waals surface area contributed by atoms with Gasteiger partial charge >= 0.3 is 6.18 Å². The molecule has 0 aromatic heterocycles. The van der Waals surface area contributed by atoms with E-state index in [4.69, 9.17) is 0 Å². The van der Waals surface area contributed by atoms with Crippen molar-refractivity contribution in [3.05, 3.63) is 0 Å². The van der Waals surface area contributed by atoms with Gasteiger partial charge in [0.05, 0.1) is 12.0 Å². The average molecular weight is 333 g/mol. The Morgan fingerprint density at radius 2 is 1.96 bits per heavy atom. The number of hydrogen-bond donors (Lipinski definition) is 2. The van der Waals surface area contributed by atoms with Gasteiger partial charge in [0.2, 0.25) is 5.91 Å². The molecule has 1 aliphatic heterocycles. The first-order chi connectivity index (χ1) is 10.5. The molecule has 4 nitrogen and oxygen atoms in total. The molecule has 1 unspecified atom stereocenters. The van der Waals surface area contributed by atoms with Crippen molar-refractivity contribution in [2.45, 2.75) is 71.1 Å². The van der Waals surface area contributed by atoms with E-state index < -0.39 is 36.6 Å². The summed E-state index contributed by atoms with van der Waals surface area (Å²) in [5.41, 5.74) is -0.234. The minimum Gasteiger partial charge on any atom is -0.366 e. The Bertz CT molecular complexity index is 493. The summed E-state index contributed by atoms with van der Waals surface area (Å²) in [4.78, 5) is 16.7. The molecule has 0 spiro atoms. The molecule has 2 N–H and O–H groups in total. The third kappa shape index (κ3) is 4.18. The number of hydrogen-bond acceptors (Lipinski definition) is 3. The molecule has 1 fully saturated rings. The molecule has 0 aromatic rings. The summed E-state index contributed by atoms with van der Waals surface area (Å²) in [5.74, 6) is 0.712. The Morgan fingerprint density at radius 3 is 2.48 bits per heavy atom. The summed E-state index contributed by atoms with van der Waals surface area (Å²) >= 11 is 0. The highest BCUT2D eigenvalue weighted by atomic mass is 19.4. The van der Waals surface area contributed by atoms with Crippen LogP contribution in [0.25, 0.3) is 0 Å². The van der Waals surface area contributed by atoms with Crippen LogP contribution in [0.1, 0.15) is 53.4 Å². The molecule has 1 heterocycles. The topological polar surface area (TPSA) is 53.5 Å². The van der Waals surface area contributed by atoms with Crippen LogP contribution in [0.2, 0.25) is 0 Å². The van der Waals surface area contributed by atoms with E-state index in [0.29, 0.717) is 11.3 Å². The van der Waals surface area contributed by atoms with Gasteiger partial charge < -0.3 is 10.6 Å². The van der Waals surface area contributed by atoms with Crippen molar-refractivity contribution >= 4 is 11.7 Å². The van der Waals surface area contributed by atoms with Gasteiger partial charge in [-0.15, -0.1) is 0 Å². The monoisotopic (exact) mass is 333 g/mol. The van der Waals surface area contributed by atoms with E-state index in [9.17, 15) is 18.0 Å². The number of carbonyl (C=O) groups is 1. The second-order valence-electron chi connectivity index (χ2n) is 7.69. The molecule has 1 aliphatic carbocycles. The van der Waals surface area contributed by atoms with Crippen molar-refractivity contribution in [1.29, 1.82) is 0 Å². The Labute approximate surface area is 135 Å². The molecule has 2 aliphatic rings. The van der Waals surface area contributed by atoms with E-state index in [-0.39, 0.29) is 0 Å². The van der Waals surface area contributed by atoms with Crippen LogP contribution in [-0.4, -0.2) is 36.0 Å². The number of aliphatic imine (C=N–C) groups is 1. The summed E-state index contributed by atoms with van der Waals surface area (Å²) in [7, 11) is 0. The number of nitrogens with zero attached hydrogens (tertiary/aromatic N) is 1. The molecule has 1 atom stereocenters. The fourth-order valence-corrected chi connectivity index (χ4v) is 3.36. The van der Waals surface area contributed by atoms with Crippen molar-refractivity contribution in [1.82, 2.24) is 10.6 Å². The van der Waals surface area contributed by atoms with Crippen LogP contribution < -0.4 is 10.6 Å². The molecule has 0 saturated heterocycles. The van der Waals surface area contributed by atoms with Crippen molar-refractivity contribution in [3.63, 3.8) is 0 Å². The quantitative estimate of drug-likeness (QED) is 0.812. The SMILES string of the molecule is CCC1(C)CC(C2=NC(C(=O)NCCC(F)(F)F)C(C)(C)N2)C1. The van der Waals surface area contributed by atoms with Crippen LogP contribution >= 0.6 is 0 Å². The number of nitrogens with one attached hydrogen (secondary N) is 2. The number of amides is 1. The molecule has 1 saturated carbocycles. The van der Waals surface area contributed by atoms with Crippen molar-refractivity contribution in [3.8, 4) is 0 Å². The molecular weight excluding hydrogens is 307 g/mol. The highest BCUT2D eigenvalue weighted by molar-refractivity contribution is 5.95. The third-order valence-electron chi connectivity index (χ3n) is 5.08. The molecule has 0 bridgehead atoms. The van der Waals surface area contributed by atoms with E-state index in [1.54, 1.807) is 0 Å². The Kier molecular flexibility index (Phi) is 4.70. The molecule has 7 heteroatoms. The number of rotatable bonds is 5. The lowest BCUT2D eigenvalue weighted by molar-refractivity contribution is -0.136. The second kappa shape index (κ2) is 5.98. The zero-order chi connectivity index (χ0) is 17.5. The first-order valence-corrected chi connectivity index (χ1v) is 8.16. The standard InChI is InChI=1S/C16H26F3N3O/c1-5-15(4)8-10(9-15)12-21-11(14(2,3)22-12)13(23)20-7-6-16(17,18)19/h10-11H,5-9H2,1-4H3,(H,20,23)(H,21,22). The minimum atomic E-state index is -4.26. The van der Waals surface area contributed by atoms with E-state index >= 15 is 0 Å². The minimum absolute atomic E-state index is 0.326. The second-order valence-corrected chi connectivity index (χ2v) is 7.69. The van der Waals surface area contributed by atoms with Gasteiger partial charge in [-0.1, -0.05) is 20.3 Å². The zero-order valence-electron chi connectivity index (χ0n) is 14.2. The summed E-state index contributed by atoms with van der Waals surface area (Å²) < 4.78 is 36.5. The largest absolute Gasteiger partial charge is 0.390 e. The predicted molar refractivity (Wildman–Crippen MR) is 83.2 cm³/mol.